The molecule has 2 rings (SSSR count). The normalized spacial score (nSPS) is 18.9. The van der Waals surface area contributed by atoms with Crippen LogP contribution in [0.25, 0.3) is 0 Å². The molecule has 1 atom stereocenters. The largest absolute Gasteiger partial charge is 0.480 e. The maximum absolute atomic E-state index is 11.6. The van der Waals surface area contributed by atoms with E-state index in [1.54, 1.807) is 10.9 Å². The number of carboxylic acids is 1. The molecule has 0 saturated heterocycles. The number of aliphatic carboxylic acids is 1. The zero-order chi connectivity index (χ0) is 12.5. The van der Waals surface area contributed by atoms with Gasteiger partial charge in [0.2, 0.25) is 0 Å². The van der Waals surface area contributed by atoms with Gasteiger partial charge in [-0.25, -0.2) is 0 Å². The molecule has 1 aliphatic carbocycles. The van der Waals surface area contributed by atoms with Gasteiger partial charge in [0.25, 0.3) is 0 Å². The van der Waals surface area contributed by atoms with Crippen LogP contribution < -0.4 is 5.32 Å². The highest BCUT2D eigenvalue weighted by Crippen LogP contribution is 2.41. The molecule has 1 saturated carbocycles. The molecular formula is C11H16ClN3O2. The summed E-state index contributed by atoms with van der Waals surface area (Å²) in [6.07, 6.45) is 5.08. The number of nitrogens with zero attached hydrogens (tertiary/aromatic N) is 2. The molecule has 0 radical (unpaired) electrons. The Morgan fingerprint density at radius 1 is 1.76 bits per heavy atom. The van der Waals surface area contributed by atoms with Crippen LogP contribution >= 0.6 is 11.6 Å². The molecule has 0 spiro atoms. The number of hydrogen-bond donors (Lipinski definition) is 2. The average Bonchev–Trinajstić information content (AvgIpc) is 3.03. The van der Waals surface area contributed by atoms with Gasteiger partial charge in [-0.2, -0.15) is 5.10 Å². The Labute approximate surface area is 105 Å². The molecule has 1 aromatic rings. The second-order valence-electron chi connectivity index (χ2n) is 4.44. The van der Waals surface area contributed by atoms with Crippen molar-refractivity contribution >= 4 is 17.6 Å². The molecule has 2 N–H and O–H groups in total. The minimum absolute atomic E-state index is 0.183. The number of carboxylic acid groups (broad SMARTS) is 1. The Hall–Kier alpha value is -1.07. The van der Waals surface area contributed by atoms with E-state index in [9.17, 15) is 9.90 Å². The molecule has 6 heteroatoms. The Bertz CT molecular complexity index is 417. The van der Waals surface area contributed by atoms with Crippen LogP contribution in [0, 0.1) is 5.92 Å². The molecule has 5 nitrogen and oxygen atoms in total. The van der Waals surface area contributed by atoms with Gasteiger partial charge in [0, 0.05) is 6.20 Å². The molecule has 0 bridgehead atoms. The van der Waals surface area contributed by atoms with Crippen molar-refractivity contribution in [2.75, 3.05) is 6.54 Å². The van der Waals surface area contributed by atoms with Crippen molar-refractivity contribution in [3.8, 4) is 0 Å². The highest BCUT2D eigenvalue weighted by molar-refractivity contribution is 6.30. The van der Waals surface area contributed by atoms with Crippen LogP contribution in [0.15, 0.2) is 12.4 Å². The van der Waals surface area contributed by atoms with Gasteiger partial charge >= 0.3 is 5.97 Å². The lowest BCUT2D eigenvalue weighted by Crippen LogP contribution is -2.57. The van der Waals surface area contributed by atoms with Gasteiger partial charge < -0.3 is 10.4 Å². The molecule has 0 aromatic carbocycles. The van der Waals surface area contributed by atoms with E-state index in [-0.39, 0.29) is 5.92 Å². The third-order valence-corrected chi connectivity index (χ3v) is 3.36. The van der Waals surface area contributed by atoms with Gasteiger partial charge in [0.15, 0.2) is 0 Å². The van der Waals surface area contributed by atoms with Crippen LogP contribution in [0.1, 0.15) is 19.8 Å². The van der Waals surface area contributed by atoms with Crippen LogP contribution in [0.2, 0.25) is 5.02 Å². The Kier molecular flexibility index (Phi) is 3.40. The first kappa shape index (κ1) is 12.4. The molecule has 17 heavy (non-hydrogen) atoms. The molecule has 1 unspecified atom stereocenters. The second kappa shape index (κ2) is 4.66. The van der Waals surface area contributed by atoms with Gasteiger partial charge in [0.1, 0.15) is 5.54 Å². The van der Waals surface area contributed by atoms with E-state index in [0.717, 1.165) is 12.8 Å². The lowest BCUT2D eigenvalue weighted by atomic mass is 9.93. The fourth-order valence-corrected chi connectivity index (χ4v) is 2.38. The predicted molar refractivity (Wildman–Crippen MR) is 64.0 cm³/mol. The third kappa shape index (κ3) is 2.45. The number of carbonyl (C=O) groups is 1. The fourth-order valence-electron chi connectivity index (χ4n) is 2.22. The van der Waals surface area contributed by atoms with Crippen molar-refractivity contribution in [1.82, 2.24) is 15.1 Å². The lowest BCUT2D eigenvalue weighted by Gasteiger charge is -2.30. The van der Waals surface area contributed by atoms with Gasteiger partial charge in [-0.3, -0.25) is 9.48 Å². The van der Waals surface area contributed by atoms with Crippen LogP contribution in [0.4, 0.5) is 0 Å². The minimum atomic E-state index is -0.913. The number of rotatable bonds is 6. The van der Waals surface area contributed by atoms with E-state index in [0.29, 0.717) is 18.1 Å². The van der Waals surface area contributed by atoms with Crippen molar-refractivity contribution in [3.63, 3.8) is 0 Å². The number of likely N-dealkylation sites (N-methyl/N-ethyl adjacent to an activating group) is 1. The summed E-state index contributed by atoms with van der Waals surface area (Å²) in [5.74, 6) is -0.628. The summed E-state index contributed by atoms with van der Waals surface area (Å²) in [6, 6.07) is 0. The first-order chi connectivity index (χ1) is 8.08. The van der Waals surface area contributed by atoms with E-state index < -0.39 is 11.5 Å². The number of hydrogen-bond acceptors (Lipinski definition) is 3. The second-order valence-corrected chi connectivity index (χ2v) is 4.87. The summed E-state index contributed by atoms with van der Waals surface area (Å²) >= 11 is 5.79. The Morgan fingerprint density at radius 3 is 2.88 bits per heavy atom. The summed E-state index contributed by atoms with van der Waals surface area (Å²) in [5.41, 5.74) is -0.913. The van der Waals surface area contributed by atoms with Crippen LogP contribution in [0.3, 0.4) is 0 Å². The molecule has 94 valence electrons. The van der Waals surface area contributed by atoms with E-state index in [1.165, 1.54) is 6.20 Å². The lowest BCUT2D eigenvalue weighted by molar-refractivity contribution is -0.146. The van der Waals surface area contributed by atoms with E-state index >= 15 is 0 Å². The van der Waals surface area contributed by atoms with Crippen molar-refractivity contribution in [1.29, 1.82) is 0 Å². The molecule has 0 aliphatic heterocycles. The van der Waals surface area contributed by atoms with Gasteiger partial charge in [-0.1, -0.05) is 18.5 Å². The van der Waals surface area contributed by atoms with Gasteiger partial charge in [0.05, 0.1) is 17.8 Å². The zero-order valence-corrected chi connectivity index (χ0v) is 10.4. The van der Waals surface area contributed by atoms with Crippen LogP contribution in [-0.4, -0.2) is 32.9 Å². The van der Waals surface area contributed by atoms with Crippen molar-refractivity contribution in [2.45, 2.75) is 31.8 Å². The first-order valence-electron chi connectivity index (χ1n) is 5.75. The molecule has 1 aliphatic rings. The summed E-state index contributed by atoms with van der Waals surface area (Å²) in [6.45, 7) is 2.85. The maximum Gasteiger partial charge on any atom is 0.326 e. The fraction of sp³-hybridized carbons (Fsp3) is 0.636. The summed E-state index contributed by atoms with van der Waals surface area (Å²) in [4.78, 5) is 11.6. The van der Waals surface area contributed by atoms with Crippen LogP contribution in [-0.2, 0) is 11.3 Å². The summed E-state index contributed by atoms with van der Waals surface area (Å²) in [5, 5.41) is 17.2. The molecule has 1 fully saturated rings. The standard InChI is InChI=1S/C11H16ClN3O2/c1-2-13-11(10(16)17,8-3-4-8)7-15-6-9(12)5-14-15/h5-6,8,13H,2-4,7H2,1H3,(H,16,17). The highest BCUT2D eigenvalue weighted by atomic mass is 35.5. The Morgan fingerprint density at radius 2 is 2.47 bits per heavy atom. The Balaban J connectivity index is 2.22. The van der Waals surface area contributed by atoms with Gasteiger partial charge in [-0.05, 0) is 25.3 Å². The van der Waals surface area contributed by atoms with Crippen molar-refractivity contribution < 1.29 is 9.90 Å². The number of nitrogens with one attached hydrogen (secondary N) is 1. The van der Waals surface area contributed by atoms with E-state index in [2.05, 4.69) is 10.4 Å². The van der Waals surface area contributed by atoms with E-state index in [1.807, 2.05) is 6.92 Å². The maximum atomic E-state index is 11.6. The number of halogens is 1. The van der Waals surface area contributed by atoms with Crippen molar-refractivity contribution in [3.05, 3.63) is 17.4 Å². The summed E-state index contributed by atoms with van der Waals surface area (Å²) in [7, 11) is 0. The highest BCUT2D eigenvalue weighted by Gasteiger charge is 2.51. The molecule has 0 amide bonds. The van der Waals surface area contributed by atoms with Gasteiger partial charge in [-0.15, -0.1) is 0 Å². The smallest absolute Gasteiger partial charge is 0.326 e. The SMILES string of the molecule is CCNC(Cn1cc(Cl)cn1)(C(=O)O)C1CC1. The van der Waals surface area contributed by atoms with E-state index in [4.69, 9.17) is 11.6 Å². The monoisotopic (exact) mass is 257 g/mol. The molecular weight excluding hydrogens is 242 g/mol. The average molecular weight is 258 g/mol. The molecule has 1 aromatic heterocycles. The molecule has 1 heterocycles. The first-order valence-corrected chi connectivity index (χ1v) is 6.12. The van der Waals surface area contributed by atoms with Crippen molar-refractivity contribution in [2.24, 2.45) is 5.92 Å². The van der Waals surface area contributed by atoms with Crippen LogP contribution in [0.5, 0.6) is 0 Å². The third-order valence-electron chi connectivity index (χ3n) is 3.16. The number of aromatic nitrogens is 2. The minimum Gasteiger partial charge on any atom is -0.480 e. The predicted octanol–water partition coefficient (Wildman–Crippen LogP) is 1.38. The zero-order valence-electron chi connectivity index (χ0n) is 9.69. The summed E-state index contributed by atoms with van der Waals surface area (Å²) < 4.78 is 1.59. The topological polar surface area (TPSA) is 67.2 Å². The quantitative estimate of drug-likeness (QED) is 0.808.